The highest BCUT2D eigenvalue weighted by molar-refractivity contribution is 9.36. The fourth-order valence-electron chi connectivity index (χ4n) is 0.343. The van der Waals surface area contributed by atoms with E-state index in [9.17, 15) is 0 Å². The van der Waals surface area contributed by atoms with E-state index in [1.165, 1.54) is 0 Å². The molecule has 0 aromatic carbocycles. The van der Waals surface area contributed by atoms with Crippen molar-refractivity contribution in [2.24, 2.45) is 5.41 Å². The predicted molar refractivity (Wildman–Crippen MR) is 49.3 cm³/mol. The number of rotatable bonds is 1. The lowest BCUT2D eigenvalue weighted by Crippen LogP contribution is -1.99. The fourth-order valence-corrected chi connectivity index (χ4v) is 0.919. The first kappa shape index (κ1) is 9.47. The Morgan fingerprint density at radius 3 is 2.33 bits per heavy atom. The van der Waals surface area contributed by atoms with Gasteiger partial charge in [0.2, 0.25) is 0 Å². The molecule has 0 N–H and O–H groups in total. The average Bonchev–Trinajstić information content (AvgIpc) is 1.63. The minimum Gasteiger partial charge on any atom is -0.0975 e. The lowest BCUT2D eigenvalue weighted by atomic mass is 9.98. The second kappa shape index (κ2) is 4.31. The van der Waals surface area contributed by atoms with Gasteiger partial charge < -0.3 is 0 Å². The fraction of sp³-hybridized carbons (Fsp3) is 0.714. The van der Waals surface area contributed by atoms with Crippen LogP contribution in [0, 0.1) is 17.3 Å². The normalized spacial score (nSPS) is 11.6. The Labute approximate surface area is 67.3 Å². The topological polar surface area (TPSA) is 0 Å². The quantitative estimate of drug-likeness (QED) is 0.458. The van der Waals surface area contributed by atoms with Gasteiger partial charge in [-0.3, -0.25) is 0 Å². The summed E-state index contributed by atoms with van der Waals surface area (Å²) >= 11 is 3.34. The van der Waals surface area contributed by atoms with E-state index in [1.807, 2.05) is 0 Å². The highest BCUT2D eigenvalue weighted by Gasteiger charge is 2.02. The maximum atomic E-state index is 3.34. The van der Waals surface area contributed by atoms with Crippen LogP contribution >= 0.6 is 22.8 Å². The van der Waals surface area contributed by atoms with Gasteiger partial charge in [-0.2, -0.15) is 0 Å². The highest BCUT2D eigenvalue weighted by atomic mass is 79.9. The van der Waals surface area contributed by atoms with Crippen LogP contribution in [0.5, 0.6) is 0 Å². The summed E-state index contributed by atoms with van der Waals surface area (Å²) in [5.74, 6) is 6.24. The van der Waals surface area contributed by atoms with Crippen LogP contribution in [-0.4, -0.2) is 6.16 Å². The van der Waals surface area contributed by atoms with E-state index in [0.29, 0.717) is 0 Å². The summed E-state index contributed by atoms with van der Waals surface area (Å²) in [6.45, 7) is 6.37. The molecule has 0 aromatic rings. The van der Waals surface area contributed by atoms with Crippen molar-refractivity contribution in [1.29, 1.82) is 0 Å². The lowest BCUT2D eigenvalue weighted by Gasteiger charge is -2.06. The van der Waals surface area contributed by atoms with Crippen molar-refractivity contribution in [1.82, 2.24) is 0 Å². The molecule has 0 nitrogen and oxygen atoms in total. The van der Waals surface area contributed by atoms with Gasteiger partial charge in [-0.15, -0.1) is 0 Å². The molecule has 0 spiro atoms. The van der Waals surface area contributed by atoms with Crippen molar-refractivity contribution in [3.05, 3.63) is 0 Å². The molecule has 0 fully saturated rings. The van der Waals surface area contributed by atoms with Crippen LogP contribution < -0.4 is 0 Å². The Bertz CT molecular complexity index is 124. The van der Waals surface area contributed by atoms with Crippen LogP contribution in [0.1, 0.15) is 20.8 Å². The van der Waals surface area contributed by atoms with Crippen LogP contribution in [0.15, 0.2) is 0 Å². The Balaban J connectivity index is 3.59. The van der Waals surface area contributed by atoms with Crippen LogP contribution in [0.3, 0.4) is 0 Å². The Kier molecular flexibility index (Phi) is 4.54. The molecule has 0 aliphatic carbocycles. The predicted octanol–water partition coefficient (Wildman–Crippen LogP) is 3.02. The third-order valence-corrected chi connectivity index (χ3v) is 1.77. The maximum Gasteiger partial charge on any atom is 0.0363 e. The molecular formula is C7H12BrP. The zero-order valence-electron chi connectivity index (χ0n) is 6.09. The minimum absolute atomic E-state index is 0.173. The molecule has 0 rings (SSSR count). The summed E-state index contributed by atoms with van der Waals surface area (Å²) in [6.07, 6.45) is 0.983. The van der Waals surface area contributed by atoms with Gasteiger partial charge in [0, 0.05) is 11.6 Å². The molecule has 1 atom stereocenters. The monoisotopic (exact) mass is 206 g/mol. The highest BCUT2D eigenvalue weighted by Crippen LogP contribution is 2.18. The molecule has 0 aliphatic rings. The molecule has 0 saturated carbocycles. The molecule has 0 aliphatic heterocycles. The van der Waals surface area contributed by atoms with E-state index in [-0.39, 0.29) is 5.41 Å². The summed E-state index contributed by atoms with van der Waals surface area (Å²) in [4.78, 5) is 0. The molecule has 0 radical (unpaired) electrons. The zero-order chi connectivity index (χ0) is 7.33. The van der Waals surface area contributed by atoms with Crippen LogP contribution in [0.4, 0.5) is 0 Å². The molecule has 1 unspecified atom stereocenters. The third-order valence-electron chi connectivity index (χ3n) is 0.619. The van der Waals surface area contributed by atoms with Gasteiger partial charge in [-0.1, -0.05) is 27.3 Å². The van der Waals surface area contributed by atoms with Gasteiger partial charge in [-0.25, -0.2) is 0 Å². The van der Waals surface area contributed by atoms with E-state index < -0.39 is 0 Å². The largest absolute Gasteiger partial charge is 0.0975 e. The molecule has 0 heterocycles. The first-order chi connectivity index (χ1) is 4.06. The van der Waals surface area contributed by atoms with Crippen molar-refractivity contribution in [3.63, 3.8) is 0 Å². The molecule has 2 heteroatoms. The van der Waals surface area contributed by atoms with E-state index >= 15 is 0 Å². The van der Waals surface area contributed by atoms with Crippen molar-refractivity contribution < 1.29 is 0 Å². The van der Waals surface area contributed by atoms with Crippen molar-refractivity contribution in [2.75, 3.05) is 6.16 Å². The molecule has 0 saturated heterocycles. The van der Waals surface area contributed by atoms with Gasteiger partial charge in [0.25, 0.3) is 0 Å². The van der Waals surface area contributed by atoms with Gasteiger partial charge >= 0.3 is 0 Å². The van der Waals surface area contributed by atoms with Crippen LogP contribution in [0.2, 0.25) is 0 Å². The van der Waals surface area contributed by atoms with Crippen LogP contribution in [0.25, 0.3) is 0 Å². The number of hydrogen-bond acceptors (Lipinski definition) is 0. The number of halogens is 1. The molecule has 0 aromatic heterocycles. The standard InChI is InChI=1S/C7H12BrP/c1-7(2,3)5-4-6-9-8/h9H,6H2,1-3H3. The Morgan fingerprint density at radius 2 is 2.00 bits per heavy atom. The molecule has 0 amide bonds. The first-order valence-electron chi connectivity index (χ1n) is 2.90. The number of hydrogen-bond donors (Lipinski definition) is 0. The van der Waals surface area contributed by atoms with Gasteiger partial charge in [0.15, 0.2) is 0 Å². The van der Waals surface area contributed by atoms with Gasteiger partial charge in [0.1, 0.15) is 0 Å². The summed E-state index contributed by atoms with van der Waals surface area (Å²) in [6, 6.07) is 0. The summed E-state index contributed by atoms with van der Waals surface area (Å²) in [5.41, 5.74) is 0.173. The van der Waals surface area contributed by atoms with Crippen molar-refractivity contribution in [2.45, 2.75) is 20.8 Å². The smallest absolute Gasteiger partial charge is 0.0363 e. The van der Waals surface area contributed by atoms with Crippen molar-refractivity contribution in [3.8, 4) is 11.8 Å². The van der Waals surface area contributed by atoms with Crippen molar-refractivity contribution >= 4 is 22.8 Å². The first-order valence-corrected chi connectivity index (χ1v) is 6.36. The van der Waals surface area contributed by atoms with E-state index in [1.54, 1.807) is 0 Å². The maximum absolute atomic E-state index is 3.34. The SMILES string of the molecule is CC(C)(C)C#CCPBr. The molecular weight excluding hydrogens is 195 g/mol. The molecule has 52 valence electrons. The van der Waals surface area contributed by atoms with Crippen LogP contribution in [-0.2, 0) is 0 Å². The Hall–Kier alpha value is 0.470. The second-order valence-corrected chi connectivity index (χ2v) is 5.17. The molecule has 0 bridgehead atoms. The van der Waals surface area contributed by atoms with Gasteiger partial charge in [-0.05, 0) is 28.1 Å². The zero-order valence-corrected chi connectivity index (χ0v) is 8.67. The summed E-state index contributed by atoms with van der Waals surface area (Å²) in [7, 11) is 0.783. The van der Waals surface area contributed by atoms with E-state index in [2.05, 4.69) is 48.1 Å². The van der Waals surface area contributed by atoms with Gasteiger partial charge in [0.05, 0.1) is 0 Å². The lowest BCUT2D eigenvalue weighted by molar-refractivity contribution is 0.571. The summed E-state index contributed by atoms with van der Waals surface area (Å²) in [5, 5.41) is 0. The second-order valence-electron chi connectivity index (χ2n) is 2.86. The van der Waals surface area contributed by atoms with E-state index in [4.69, 9.17) is 0 Å². The summed E-state index contributed by atoms with van der Waals surface area (Å²) < 4.78 is 0. The Morgan fingerprint density at radius 1 is 1.44 bits per heavy atom. The molecule has 9 heavy (non-hydrogen) atoms. The third kappa shape index (κ3) is 8.47. The average molecular weight is 207 g/mol. The minimum atomic E-state index is 0.173. The van der Waals surface area contributed by atoms with E-state index in [0.717, 1.165) is 13.4 Å².